The van der Waals surface area contributed by atoms with Crippen LogP contribution >= 0.6 is 0 Å². The Hall–Kier alpha value is -4.26. The first-order chi connectivity index (χ1) is 16.5. The van der Waals surface area contributed by atoms with Crippen LogP contribution in [0.4, 0.5) is 10.5 Å². The number of urea groups is 1. The van der Waals surface area contributed by atoms with Crippen LogP contribution in [0.1, 0.15) is 16.7 Å². The molecule has 0 aliphatic rings. The van der Waals surface area contributed by atoms with Crippen molar-refractivity contribution < 1.29 is 14.3 Å². The van der Waals surface area contributed by atoms with E-state index in [2.05, 4.69) is 10.3 Å². The fourth-order valence-electron chi connectivity index (χ4n) is 3.88. The van der Waals surface area contributed by atoms with E-state index in [1.54, 1.807) is 31.3 Å². The van der Waals surface area contributed by atoms with Gasteiger partial charge in [0.15, 0.2) is 0 Å². The molecule has 7 heteroatoms. The van der Waals surface area contributed by atoms with Crippen molar-refractivity contribution in [3.05, 3.63) is 99.8 Å². The van der Waals surface area contributed by atoms with E-state index in [1.807, 2.05) is 67.6 Å². The Balaban J connectivity index is 1.70. The molecule has 0 bridgehead atoms. The van der Waals surface area contributed by atoms with Gasteiger partial charge in [-0.15, -0.1) is 0 Å². The maximum absolute atomic E-state index is 13.4. The fourth-order valence-corrected chi connectivity index (χ4v) is 3.88. The SMILES string of the molecule is COc1ccccc1CN(Cc1cc2cc(C)ccc2[nH]c1=O)C(=O)Nc1ccccc1OC. The Morgan fingerprint density at radius 1 is 0.882 bits per heavy atom. The Kier molecular flexibility index (Phi) is 6.82. The molecule has 0 radical (unpaired) electrons. The molecule has 0 spiro atoms. The molecule has 2 N–H and O–H groups in total. The first-order valence-electron chi connectivity index (χ1n) is 10.9. The summed E-state index contributed by atoms with van der Waals surface area (Å²) in [6.45, 7) is 2.35. The van der Waals surface area contributed by atoms with Crippen LogP contribution in [0.5, 0.6) is 11.5 Å². The van der Waals surface area contributed by atoms with Crippen molar-refractivity contribution in [1.29, 1.82) is 0 Å². The predicted molar refractivity (Wildman–Crippen MR) is 134 cm³/mol. The van der Waals surface area contributed by atoms with Crippen LogP contribution in [0.3, 0.4) is 0 Å². The number of para-hydroxylation sites is 3. The molecule has 0 aliphatic heterocycles. The summed E-state index contributed by atoms with van der Waals surface area (Å²) in [7, 11) is 3.14. The number of fused-ring (bicyclic) bond motifs is 1. The number of hydrogen-bond acceptors (Lipinski definition) is 4. The van der Waals surface area contributed by atoms with Gasteiger partial charge in [-0.05, 0) is 48.7 Å². The second-order valence-electron chi connectivity index (χ2n) is 8.01. The Morgan fingerprint density at radius 2 is 1.56 bits per heavy atom. The number of amides is 2. The summed E-state index contributed by atoms with van der Waals surface area (Å²) in [5.74, 6) is 1.22. The number of carbonyl (C=O) groups excluding carboxylic acids is 1. The van der Waals surface area contributed by atoms with Gasteiger partial charge in [-0.3, -0.25) is 4.79 Å². The number of anilines is 1. The Bertz CT molecular complexity index is 1380. The average molecular weight is 458 g/mol. The Labute approximate surface area is 197 Å². The van der Waals surface area contributed by atoms with E-state index in [-0.39, 0.29) is 24.7 Å². The number of aryl methyl sites for hydroxylation is 1. The topological polar surface area (TPSA) is 83.7 Å². The lowest BCUT2D eigenvalue weighted by molar-refractivity contribution is 0.205. The maximum atomic E-state index is 13.4. The number of benzene rings is 3. The molecule has 0 saturated heterocycles. The highest BCUT2D eigenvalue weighted by Crippen LogP contribution is 2.25. The molecule has 1 heterocycles. The summed E-state index contributed by atoms with van der Waals surface area (Å²) in [5.41, 5.74) is 3.48. The molecule has 1 aromatic heterocycles. The van der Waals surface area contributed by atoms with Crippen LogP contribution in [0.15, 0.2) is 77.6 Å². The monoisotopic (exact) mass is 457 g/mol. The molecule has 0 aliphatic carbocycles. The summed E-state index contributed by atoms with van der Waals surface area (Å²) in [6, 6.07) is 22.0. The number of nitrogens with zero attached hydrogens (tertiary/aromatic N) is 1. The summed E-state index contributed by atoms with van der Waals surface area (Å²) in [6.07, 6.45) is 0. The highest BCUT2D eigenvalue weighted by atomic mass is 16.5. The van der Waals surface area contributed by atoms with Gasteiger partial charge >= 0.3 is 6.03 Å². The zero-order valence-corrected chi connectivity index (χ0v) is 19.4. The predicted octanol–water partition coefficient (Wildman–Crippen LogP) is 5.09. The van der Waals surface area contributed by atoms with E-state index < -0.39 is 0 Å². The normalized spacial score (nSPS) is 10.7. The van der Waals surface area contributed by atoms with E-state index in [1.165, 1.54) is 0 Å². The van der Waals surface area contributed by atoms with Crippen LogP contribution in [-0.4, -0.2) is 30.1 Å². The average Bonchev–Trinajstić information content (AvgIpc) is 2.84. The molecular formula is C27H27N3O4. The second kappa shape index (κ2) is 10.1. The van der Waals surface area contributed by atoms with Crippen LogP contribution in [0.25, 0.3) is 10.9 Å². The highest BCUT2D eigenvalue weighted by Gasteiger charge is 2.20. The van der Waals surface area contributed by atoms with Crippen LogP contribution in [0, 0.1) is 6.92 Å². The molecule has 0 fully saturated rings. The van der Waals surface area contributed by atoms with E-state index in [9.17, 15) is 9.59 Å². The number of pyridine rings is 1. The van der Waals surface area contributed by atoms with Crippen molar-refractivity contribution in [1.82, 2.24) is 9.88 Å². The van der Waals surface area contributed by atoms with Gasteiger partial charge in [0.2, 0.25) is 0 Å². The van der Waals surface area contributed by atoms with Crippen LogP contribution in [-0.2, 0) is 13.1 Å². The molecule has 174 valence electrons. The summed E-state index contributed by atoms with van der Waals surface area (Å²) < 4.78 is 10.8. The molecule has 0 unspecified atom stereocenters. The summed E-state index contributed by atoms with van der Waals surface area (Å²) in [5, 5.41) is 3.83. The second-order valence-corrected chi connectivity index (χ2v) is 8.01. The summed E-state index contributed by atoms with van der Waals surface area (Å²) >= 11 is 0. The number of aromatic amines is 1. The van der Waals surface area contributed by atoms with Gasteiger partial charge in [-0.1, -0.05) is 42.0 Å². The minimum atomic E-state index is -0.362. The van der Waals surface area contributed by atoms with Gasteiger partial charge in [0.25, 0.3) is 5.56 Å². The Morgan fingerprint density at radius 3 is 2.32 bits per heavy atom. The van der Waals surface area contributed by atoms with E-state index >= 15 is 0 Å². The van der Waals surface area contributed by atoms with Gasteiger partial charge in [0.1, 0.15) is 11.5 Å². The number of ether oxygens (including phenoxy) is 2. The van der Waals surface area contributed by atoms with Crippen molar-refractivity contribution in [2.24, 2.45) is 0 Å². The number of hydrogen-bond donors (Lipinski definition) is 2. The minimum absolute atomic E-state index is 0.109. The third kappa shape index (κ3) is 5.04. The zero-order valence-electron chi connectivity index (χ0n) is 19.4. The van der Waals surface area contributed by atoms with Crippen molar-refractivity contribution in [3.63, 3.8) is 0 Å². The first-order valence-corrected chi connectivity index (χ1v) is 10.9. The van der Waals surface area contributed by atoms with E-state index in [0.717, 1.165) is 22.0 Å². The number of aromatic nitrogens is 1. The third-order valence-corrected chi connectivity index (χ3v) is 5.63. The largest absolute Gasteiger partial charge is 0.496 e. The van der Waals surface area contributed by atoms with Crippen LogP contribution < -0.4 is 20.3 Å². The zero-order chi connectivity index (χ0) is 24.1. The molecule has 34 heavy (non-hydrogen) atoms. The van der Waals surface area contributed by atoms with Crippen molar-refractivity contribution in [3.8, 4) is 11.5 Å². The molecule has 3 aromatic carbocycles. The lowest BCUT2D eigenvalue weighted by Gasteiger charge is -2.24. The molecule has 2 amide bonds. The van der Waals surface area contributed by atoms with Crippen molar-refractivity contribution >= 4 is 22.6 Å². The van der Waals surface area contributed by atoms with Crippen molar-refractivity contribution in [2.75, 3.05) is 19.5 Å². The molecule has 0 atom stereocenters. The lowest BCUT2D eigenvalue weighted by atomic mass is 10.1. The van der Waals surface area contributed by atoms with Crippen LogP contribution in [0.2, 0.25) is 0 Å². The number of H-pyrrole nitrogens is 1. The fraction of sp³-hybridized carbons (Fsp3) is 0.185. The number of rotatable bonds is 7. The van der Waals surface area contributed by atoms with Gasteiger partial charge in [-0.2, -0.15) is 0 Å². The first kappa shape index (κ1) is 22.9. The number of nitrogens with one attached hydrogen (secondary N) is 2. The smallest absolute Gasteiger partial charge is 0.322 e. The van der Waals surface area contributed by atoms with E-state index in [0.29, 0.717) is 22.7 Å². The third-order valence-electron chi connectivity index (χ3n) is 5.63. The number of methoxy groups -OCH3 is 2. The van der Waals surface area contributed by atoms with E-state index in [4.69, 9.17) is 9.47 Å². The molecule has 4 rings (SSSR count). The van der Waals surface area contributed by atoms with Crippen molar-refractivity contribution in [2.45, 2.75) is 20.0 Å². The van der Waals surface area contributed by atoms with Gasteiger partial charge < -0.3 is 24.7 Å². The van der Waals surface area contributed by atoms with Gasteiger partial charge in [0, 0.05) is 16.6 Å². The minimum Gasteiger partial charge on any atom is -0.496 e. The maximum Gasteiger partial charge on any atom is 0.322 e. The standard InChI is InChI=1S/C27H27N3O4/c1-18-12-13-22-20(14-18)15-21(26(31)28-22)17-30(16-19-8-4-6-10-24(19)33-2)27(32)29-23-9-5-7-11-25(23)34-3/h4-15H,16-17H2,1-3H3,(H,28,31)(H,29,32). The quantitative estimate of drug-likeness (QED) is 0.405. The molecule has 4 aromatic rings. The summed E-state index contributed by atoms with van der Waals surface area (Å²) in [4.78, 5) is 30.8. The van der Waals surface area contributed by atoms with Gasteiger partial charge in [-0.25, -0.2) is 4.79 Å². The molecule has 0 saturated carbocycles. The molecule has 7 nitrogen and oxygen atoms in total. The number of carbonyl (C=O) groups is 1. The molecular weight excluding hydrogens is 430 g/mol. The van der Waals surface area contributed by atoms with Gasteiger partial charge in [0.05, 0.1) is 33.0 Å². The highest BCUT2D eigenvalue weighted by molar-refractivity contribution is 5.91. The lowest BCUT2D eigenvalue weighted by Crippen LogP contribution is -2.36.